The number of nitrogens with zero attached hydrogens (tertiary/aromatic N) is 1. The number of aromatic amines is 1. The first-order chi connectivity index (χ1) is 14.2. The smallest absolute Gasteiger partial charge is 0.387 e. The SMILES string of the molecule is [2H]OC1([2H])[C@]([2H])([15n]2c([2H])c([2H])c(=O)[15n]([2H])c2=O)O[C@]([2H])(C([2H])([2H])OP(=O)(O)O)[C@@]1([2H])O[2H]. The van der Waals surface area contributed by atoms with E-state index in [0.717, 1.165) is 0 Å². The predicted octanol–water partition coefficient (Wildman–Crippen LogP) is -2.73. The van der Waals surface area contributed by atoms with Gasteiger partial charge in [-0.25, -0.2) is 9.36 Å². The Morgan fingerprint density at radius 2 is 2.33 bits per heavy atom. The molecule has 4 atom stereocenters. The molecule has 11 nitrogen and oxygen atoms in total. The number of ether oxygens (including phenoxy) is 1. The summed E-state index contributed by atoms with van der Waals surface area (Å²) in [5.41, 5.74) is -3.71. The van der Waals surface area contributed by atoms with Gasteiger partial charge in [0.15, 0.2) is 7.62 Å². The zero-order valence-electron chi connectivity index (χ0n) is 20.6. The topological polar surface area (TPSA) is 171 Å². The molecule has 0 aromatic carbocycles. The molecular formula is C9H13N2O9P. The van der Waals surface area contributed by atoms with E-state index in [9.17, 15) is 14.2 Å². The number of hydrogen-bond donors (Lipinski definition) is 5. The average Bonchev–Trinajstić information content (AvgIpc) is 2.80. The van der Waals surface area contributed by atoms with Gasteiger partial charge in [0, 0.05) is 12.2 Å². The van der Waals surface area contributed by atoms with Crippen LogP contribution in [-0.4, -0.2) is 57.2 Å². The molecule has 1 aliphatic heterocycles. The van der Waals surface area contributed by atoms with E-state index in [4.69, 9.17) is 25.0 Å². The van der Waals surface area contributed by atoms with Crippen LogP contribution in [0.25, 0.3) is 0 Å². The minimum atomic E-state index is -5.85. The molecule has 1 aromatic heterocycles. The van der Waals surface area contributed by atoms with Crippen molar-refractivity contribution in [3.8, 4) is 0 Å². The van der Waals surface area contributed by atoms with Crippen molar-refractivity contribution in [2.75, 3.05) is 6.56 Å². The number of hydrogen-bond acceptors (Lipinski definition) is 7. The van der Waals surface area contributed by atoms with Crippen LogP contribution in [-0.2, 0) is 13.8 Å². The first-order valence-corrected chi connectivity index (χ1v) is 6.34. The van der Waals surface area contributed by atoms with Crippen molar-refractivity contribution in [3.05, 3.63) is 33.1 Å². The highest BCUT2D eigenvalue weighted by Crippen LogP contribution is 2.38. The summed E-state index contributed by atoms with van der Waals surface area (Å²) in [6.07, 6.45) is -18.0. The van der Waals surface area contributed by atoms with Crippen molar-refractivity contribution in [3.63, 3.8) is 0 Å². The van der Waals surface area contributed by atoms with Crippen molar-refractivity contribution < 1.29 is 46.2 Å². The van der Waals surface area contributed by atoms with Gasteiger partial charge in [-0.15, -0.1) is 0 Å². The van der Waals surface area contributed by atoms with E-state index in [2.05, 4.69) is 19.5 Å². The number of rotatable bonds is 6. The van der Waals surface area contributed by atoms with Crippen LogP contribution in [0.4, 0.5) is 0 Å². The Morgan fingerprint density at radius 3 is 2.95 bits per heavy atom. The van der Waals surface area contributed by atoms with Crippen LogP contribution in [0.15, 0.2) is 21.8 Å². The van der Waals surface area contributed by atoms with Crippen molar-refractivity contribution in [1.82, 2.24) is 9.54 Å². The molecule has 2 heterocycles. The molecule has 118 valence electrons. The van der Waals surface area contributed by atoms with Gasteiger partial charge in [-0.3, -0.25) is 18.9 Å². The third kappa shape index (κ3) is 3.66. The Bertz CT molecular complexity index is 1110. The summed E-state index contributed by atoms with van der Waals surface area (Å²) in [6, 6.07) is -1.46. The molecule has 1 saturated heterocycles. The number of phosphoric acid groups is 1. The number of H-pyrrole nitrogens is 1. The van der Waals surface area contributed by atoms with Crippen molar-refractivity contribution in [2.24, 2.45) is 0 Å². The number of aromatic nitrogens is 2. The largest absolute Gasteiger partial charge is 0.469 e. The second kappa shape index (κ2) is 5.81. The Labute approximate surface area is 132 Å². The van der Waals surface area contributed by atoms with Gasteiger partial charge in [0.25, 0.3) is 5.56 Å². The molecular weight excluding hydrogens is 313 g/mol. The minimum Gasteiger partial charge on any atom is -0.387 e. The van der Waals surface area contributed by atoms with Crippen LogP contribution < -0.4 is 11.2 Å². The van der Waals surface area contributed by atoms with Gasteiger partial charge in [-0.05, 0) is 0 Å². The average molecular weight is 337 g/mol. The monoisotopic (exact) mass is 337 g/mol. The first kappa shape index (κ1) is 6.84. The molecule has 2 rings (SSSR count). The summed E-state index contributed by atoms with van der Waals surface area (Å²) in [7, 11) is -5.85. The third-order valence-corrected chi connectivity index (χ3v) is 2.26. The van der Waals surface area contributed by atoms with Crippen molar-refractivity contribution in [1.29, 1.82) is 2.86 Å². The maximum Gasteiger partial charge on any atom is 0.469 e. The highest BCUT2D eigenvalue weighted by molar-refractivity contribution is 7.46. The van der Waals surface area contributed by atoms with Gasteiger partial charge >= 0.3 is 13.5 Å². The Balaban J connectivity index is 3.02. The second-order valence-corrected chi connectivity index (χ2v) is 4.51. The molecule has 0 bridgehead atoms. The fraction of sp³-hybridized carbons (Fsp3) is 0.556. The number of aliphatic hydroxyl groups is 2. The molecule has 0 aliphatic carbocycles. The molecule has 0 amide bonds. The summed E-state index contributed by atoms with van der Waals surface area (Å²) in [5, 5.41) is 7.74. The second-order valence-electron chi connectivity index (χ2n) is 3.35. The molecule has 5 N–H and O–H groups in total. The lowest BCUT2D eigenvalue weighted by Gasteiger charge is -2.16. The molecule has 21 heavy (non-hydrogen) atoms. The van der Waals surface area contributed by atoms with Crippen molar-refractivity contribution >= 4 is 7.82 Å². The lowest BCUT2D eigenvalue weighted by atomic mass is 10.1. The first-order valence-electron chi connectivity index (χ1n) is 10.1. The van der Waals surface area contributed by atoms with E-state index in [1.54, 1.807) is 0 Å². The van der Waals surface area contributed by atoms with Gasteiger partial charge < -0.3 is 24.7 Å². The Morgan fingerprint density at radius 1 is 1.62 bits per heavy atom. The summed E-state index contributed by atoms with van der Waals surface area (Å²) in [5.74, 6) is 0. The molecule has 12 heteroatoms. The molecule has 1 aromatic rings. The van der Waals surface area contributed by atoms with E-state index in [0.29, 0.717) is 0 Å². The fourth-order valence-electron chi connectivity index (χ4n) is 1.16. The summed E-state index contributed by atoms with van der Waals surface area (Å²) in [6.45, 7) is -4.24. The zero-order valence-corrected chi connectivity index (χ0v) is 10.5. The number of nitrogens with one attached hydrogen (secondary N) is 1. The molecule has 0 radical (unpaired) electrons. The van der Waals surface area contributed by atoms with Crippen LogP contribution in [0, 0.1) is 0 Å². The van der Waals surface area contributed by atoms with Gasteiger partial charge in [0.1, 0.15) is 18.2 Å². The standard InChI is InChI=1S/C9H13N2O9P/c12-5-1-2-11(9(15)10-5)8-7(14)6(13)4(20-8)3-19-21(16,17)18/h1-2,4,6-8,13-14H,3H2,(H,10,12,15)(H2,16,17,18)/t4-,6-,7?,8-/m1/s1/i1D,2D,3D2,4D,6D,7D,8D,10+1,11+1,13D,14D/hD. The van der Waals surface area contributed by atoms with E-state index >= 15 is 0 Å². The van der Waals surface area contributed by atoms with E-state index in [1.165, 1.54) is 0 Å². The van der Waals surface area contributed by atoms with Crippen LogP contribution >= 0.6 is 7.82 Å². The Kier molecular flexibility index (Phi) is 1.89. The lowest BCUT2D eigenvalue weighted by molar-refractivity contribution is -0.0543. The van der Waals surface area contributed by atoms with Crippen LogP contribution in [0.1, 0.15) is 17.2 Å². The Hall–Kier alpha value is -1.33. The van der Waals surface area contributed by atoms with Crippen LogP contribution in [0.3, 0.4) is 0 Å². The van der Waals surface area contributed by atoms with E-state index in [1.807, 2.05) is 0 Å². The maximum atomic E-state index is 12.4. The van der Waals surface area contributed by atoms with Gasteiger partial charge in [0.2, 0.25) is 2.86 Å². The maximum absolute atomic E-state index is 12.4. The number of phosphoric ester groups is 1. The summed E-state index contributed by atoms with van der Waals surface area (Å²) < 4.78 is 104. The minimum absolute atomic E-state index is 0.516. The highest BCUT2D eigenvalue weighted by atomic mass is 31.2. The van der Waals surface area contributed by atoms with E-state index in [-0.39, 0.29) is 0 Å². The van der Waals surface area contributed by atoms with Crippen LogP contribution in [0.5, 0.6) is 0 Å². The molecule has 0 spiro atoms. The molecule has 1 fully saturated rings. The summed E-state index contributed by atoms with van der Waals surface area (Å²) in [4.78, 5) is 41.3. The summed E-state index contributed by atoms with van der Waals surface area (Å²) >= 11 is 0. The predicted molar refractivity (Wildman–Crippen MR) is 65.2 cm³/mol. The van der Waals surface area contributed by atoms with Crippen molar-refractivity contribution in [2.45, 2.75) is 24.4 Å². The normalized spacial score (nSPS) is 51.8. The van der Waals surface area contributed by atoms with E-state index < -0.39 is 71.8 Å². The molecule has 0 saturated carbocycles. The zero-order chi connectivity index (χ0) is 25.3. The van der Waals surface area contributed by atoms with Gasteiger partial charge in [0.05, 0.1) is 17.5 Å². The molecule has 1 unspecified atom stereocenters. The van der Waals surface area contributed by atoms with Gasteiger partial charge in [-0.2, -0.15) is 0 Å². The van der Waals surface area contributed by atoms with Crippen LogP contribution in [0.2, 0.25) is 1.41 Å². The lowest BCUT2D eigenvalue weighted by Crippen LogP contribution is -2.37. The van der Waals surface area contributed by atoms with Gasteiger partial charge in [-0.1, -0.05) is 0 Å². The fourth-order valence-corrected chi connectivity index (χ4v) is 1.36. The highest BCUT2D eigenvalue weighted by Gasteiger charge is 2.44. The quantitative estimate of drug-likeness (QED) is 0.345. The third-order valence-electron chi connectivity index (χ3n) is 1.93. The molecule has 1 aliphatic rings.